The lowest BCUT2D eigenvalue weighted by atomic mass is 10.1. The lowest BCUT2D eigenvalue weighted by Gasteiger charge is -2.15. The van der Waals surface area contributed by atoms with Gasteiger partial charge in [0.1, 0.15) is 16.9 Å². The van der Waals surface area contributed by atoms with E-state index in [0.29, 0.717) is 11.3 Å². The fourth-order valence-electron chi connectivity index (χ4n) is 2.72. The zero-order valence-corrected chi connectivity index (χ0v) is 13.5. The summed E-state index contributed by atoms with van der Waals surface area (Å²) in [5.74, 6) is 0. The molecular weight excluding hydrogens is 318 g/mol. The first-order valence-electron chi connectivity index (χ1n) is 7.95. The van der Waals surface area contributed by atoms with Gasteiger partial charge in [0.15, 0.2) is 12.0 Å². The Morgan fingerprint density at radius 2 is 1.68 bits per heavy atom. The first-order valence-corrected chi connectivity index (χ1v) is 7.95. The molecule has 0 radical (unpaired) electrons. The van der Waals surface area contributed by atoms with Gasteiger partial charge in [0, 0.05) is 17.4 Å². The Hall–Kier alpha value is -3.41. The quantitative estimate of drug-likeness (QED) is 0.544. The van der Waals surface area contributed by atoms with Crippen LogP contribution in [0, 0.1) is 0 Å². The summed E-state index contributed by atoms with van der Waals surface area (Å²) in [5, 5.41) is 6.05. The highest BCUT2D eigenvalue weighted by Crippen LogP contribution is 2.26. The van der Waals surface area contributed by atoms with E-state index in [1.807, 2.05) is 24.3 Å². The third kappa shape index (κ3) is 2.67. The number of hydrogen-bond acceptors (Lipinski definition) is 6. The molecule has 0 aliphatic carbocycles. The molecule has 3 aromatic carbocycles. The second-order valence-electron chi connectivity index (χ2n) is 5.75. The van der Waals surface area contributed by atoms with Crippen molar-refractivity contribution < 1.29 is 4.42 Å². The molecule has 0 fully saturated rings. The normalized spacial score (nSPS) is 11.1. The minimum absolute atomic E-state index is 0.255. The third-order valence-electron chi connectivity index (χ3n) is 4.12. The molecule has 4 rings (SSSR count). The van der Waals surface area contributed by atoms with Crippen LogP contribution < -0.4 is 21.5 Å². The number of rotatable bonds is 5. The maximum Gasteiger partial charge on any atom is 0.253 e. The average Bonchev–Trinajstić information content (AvgIpc) is 3.12. The summed E-state index contributed by atoms with van der Waals surface area (Å²) in [6, 6.07) is 13.0. The van der Waals surface area contributed by atoms with Gasteiger partial charge < -0.3 is 15.1 Å². The molecule has 0 spiro atoms. The van der Waals surface area contributed by atoms with Crippen LogP contribution in [0.15, 0.2) is 62.9 Å². The third-order valence-corrected chi connectivity index (χ3v) is 4.12. The Labute approximate surface area is 142 Å². The van der Waals surface area contributed by atoms with Crippen LogP contribution in [0.25, 0.3) is 11.1 Å². The number of aryl methyl sites for hydroxylation is 1. The van der Waals surface area contributed by atoms with E-state index in [9.17, 15) is 9.59 Å². The molecule has 0 bridgehead atoms. The van der Waals surface area contributed by atoms with Crippen molar-refractivity contribution >= 4 is 33.8 Å². The molecule has 0 unspecified atom stereocenters. The van der Waals surface area contributed by atoms with Crippen LogP contribution in [-0.4, -0.2) is 4.98 Å². The molecule has 0 atom stereocenters. The maximum atomic E-state index is 12.0. The number of benzene rings is 2. The highest BCUT2D eigenvalue weighted by Gasteiger charge is 2.21. The summed E-state index contributed by atoms with van der Waals surface area (Å²) in [5.41, 5.74) is 3.38. The van der Waals surface area contributed by atoms with Gasteiger partial charge in [-0.1, -0.05) is 19.1 Å². The molecular formula is C19H15N3O3. The van der Waals surface area contributed by atoms with Crippen molar-refractivity contribution in [3.05, 3.63) is 74.9 Å². The van der Waals surface area contributed by atoms with Crippen LogP contribution in [0.1, 0.15) is 12.5 Å². The first-order chi connectivity index (χ1) is 12.2. The molecule has 25 heavy (non-hydrogen) atoms. The van der Waals surface area contributed by atoms with Crippen LogP contribution >= 0.6 is 0 Å². The molecule has 0 saturated heterocycles. The summed E-state index contributed by atoms with van der Waals surface area (Å²) in [6.45, 7) is 2.06. The minimum Gasteiger partial charge on any atom is -0.443 e. The van der Waals surface area contributed by atoms with E-state index < -0.39 is 10.9 Å². The molecule has 124 valence electrons. The van der Waals surface area contributed by atoms with Crippen LogP contribution in [0.5, 0.6) is 0 Å². The Bertz CT molecular complexity index is 1140. The van der Waals surface area contributed by atoms with Gasteiger partial charge in [-0.2, -0.15) is 0 Å². The standard InChI is InChI=1S/C19H15N3O3/c1-2-11-4-3-5-12(8-11)21-16-17(19(24)18(16)23)22-13-6-7-14-15(9-13)25-10-20-14/h3-10,21-22H,2H2,1H3. The highest BCUT2D eigenvalue weighted by molar-refractivity contribution is 5.85. The number of aromatic nitrogens is 1. The highest BCUT2D eigenvalue weighted by atomic mass is 16.3. The van der Waals surface area contributed by atoms with Crippen molar-refractivity contribution in [3.63, 3.8) is 0 Å². The SMILES string of the molecule is CCc1cccc(Nc2c(Nc3ccc4ncoc4c3)c(=O)c2=O)c1. The molecule has 1 aromatic heterocycles. The lowest BCUT2D eigenvalue weighted by Crippen LogP contribution is -2.35. The molecule has 6 nitrogen and oxygen atoms in total. The van der Waals surface area contributed by atoms with Crippen molar-refractivity contribution in [1.82, 2.24) is 4.98 Å². The zero-order valence-electron chi connectivity index (χ0n) is 13.5. The molecule has 1 heterocycles. The lowest BCUT2D eigenvalue weighted by molar-refractivity contribution is 0.602. The Balaban J connectivity index is 1.63. The van der Waals surface area contributed by atoms with Gasteiger partial charge in [0.25, 0.3) is 10.9 Å². The monoisotopic (exact) mass is 333 g/mol. The number of anilines is 4. The van der Waals surface area contributed by atoms with E-state index >= 15 is 0 Å². The van der Waals surface area contributed by atoms with Crippen molar-refractivity contribution in [1.29, 1.82) is 0 Å². The summed E-state index contributed by atoms with van der Waals surface area (Å²) >= 11 is 0. The zero-order chi connectivity index (χ0) is 17.4. The van der Waals surface area contributed by atoms with E-state index in [2.05, 4.69) is 22.5 Å². The second-order valence-corrected chi connectivity index (χ2v) is 5.75. The van der Waals surface area contributed by atoms with Crippen LogP contribution in [0.2, 0.25) is 0 Å². The summed E-state index contributed by atoms with van der Waals surface area (Å²) in [6.07, 6.45) is 2.25. The Morgan fingerprint density at radius 3 is 2.40 bits per heavy atom. The van der Waals surface area contributed by atoms with Gasteiger partial charge in [0.05, 0.1) is 0 Å². The number of nitrogens with zero attached hydrogens (tertiary/aromatic N) is 1. The predicted octanol–water partition coefficient (Wildman–Crippen LogP) is 3.47. The number of oxazole rings is 1. The molecule has 0 aliphatic heterocycles. The van der Waals surface area contributed by atoms with E-state index in [0.717, 1.165) is 23.2 Å². The second kappa shape index (κ2) is 5.90. The van der Waals surface area contributed by atoms with Crippen molar-refractivity contribution in [2.24, 2.45) is 0 Å². The maximum absolute atomic E-state index is 12.0. The van der Waals surface area contributed by atoms with Crippen LogP contribution in [0.3, 0.4) is 0 Å². The molecule has 4 aromatic rings. The van der Waals surface area contributed by atoms with Crippen molar-refractivity contribution in [2.45, 2.75) is 13.3 Å². The summed E-state index contributed by atoms with van der Waals surface area (Å²) in [7, 11) is 0. The minimum atomic E-state index is -0.535. The van der Waals surface area contributed by atoms with E-state index in [4.69, 9.17) is 4.42 Å². The van der Waals surface area contributed by atoms with E-state index in [1.165, 1.54) is 6.39 Å². The van der Waals surface area contributed by atoms with E-state index in [1.54, 1.807) is 18.2 Å². The van der Waals surface area contributed by atoms with Gasteiger partial charge in [-0.3, -0.25) is 9.59 Å². The molecule has 6 heteroatoms. The van der Waals surface area contributed by atoms with Crippen LogP contribution in [-0.2, 0) is 6.42 Å². The van der Waals surface area contributed by atoms with Gasteiger partial charge in [-0.05, 0) is 36.2 Å². The summed E-state index contributed by atoms with van der Waals surface area (Å²) < 4.78 is 5.25. The summed E-state index contributed by atoms with van der Waals surface area (Å²) in [4.78, 5) is 28.0. The Morgan fingerprint density at radius 1 is 0.960 bits per heavy atom. The molecule has 2 N–H and O–H groups in total. The fraction of sp³-hybridized carbons (Fsp3) is 0.105. The molecule has 0 amide bonds. The number of nitrogens with one attached hydrogen (secondary N) is 2. The first kappa shape index (κ1) is 15.1. The largest absolute Gasteiger partial charge is 0.443 e. The number of fused-ring (bicyclic) bond motifs is 1. The topological polar surface area (TPSA) is 84.2 Å². The van der Waals surface area contributed by atoms with Crippen LogP contribution in [0.4, 0.5) is 22.7 Å². The smallest absolute Gasteiger partial charge is 0.253 e. The van der Waals surface area contributed by atoms with Crippen molar-refractivity contribution in [2.75, 3.05) is 10.6 Å². The fourth-order valence-corrected chi connectivity index (χ4v) is 2.72. The van der Waals surface area contributed by atoms with Gasteiger partial charge in [0.2, 0.25) is 0 Å². The predicted molar refractivity (Wildman–Crippen MR) is 97.7 cm³/mol. The van der Waals surface area contributed by atoms with Gasteiger partial charge in [-0.25, -0.2) is 4.98 Å². The van der Waals surface area contributed by atoms with Gasteiger partial charge in [-0.15, -0.1) is 0 Å². The Kier molecular flexibility index (Phi) is 3.57. The van der Waals surface area contributed by atoms with E-state index in [-0.39, 0.29) is 11.4 Å². The van der Waals surface area contributed by atoms with Gasteiger partial charge >= 0.3 is 0 Å². The average molecular weight is 333 g/mol. The number of hydrogen-bond donors (Lipinski definition) is 2. The molecule has 0 aliphatic rings. The molecule has 0 saturated carbocycles. The van der Waals surface area contributed by atoms with Crippen molar-refractivity contribution in [3.8, 4) is 0 Å².